The second kappa shape index (κ2) is 6.09. The molecule has 0 aliphatic carbocycles. The van der Waals surface area contributed by atoms with Crippen LogP contribution in [-0.2, 0) is 6.54 Å². The van der Waals surface area contributed by atoms with Crippen molar-refractivity contribution in [2.45, 2.75) is 27.3 Å². The van der Waals surface area contributed by atoms with Crippen LogP contribution >= 0.6 is 11.3 Å². The van der Waals surface area contributed by atoms with Crippen molar-refractivity contribution in [3.63, 3.8) is 0 Å². The number of carbonyl (C=O) groups excluding carboxylic acids is 1. The lowest BCUT2D eigenvalue weighted by atomic mass is 10.1. The molecule has 0 saturated heterocycles. The average Bonchev–Trinajstić information content (AvgIpc) is 2.75. The van der Waals surface area contributed by atoms with Gasteiger partial charge in [-0.1, -0.05) is 0 Å². The third kappa shape index (κ3) is 3.20. The number of aryl methyl sites for hydroxylation is 3. The Morgan fingerprint density at radius 1 is 1.15 bits per heavy atom. The van der Waals surface area contributed by atoms with Gasteiger partial charge in [-0.15, -0.1) is 11.3 Å². The van der Waals surface area contributed by atoms with Crippen LogP contribution in [0.4, 0.5) is 5.69 Å². The summed E-state index contributed by atoms with van der Waals surface area (Å²) in [5.74, 6) is -0.0196. The molecule has 0 saturated carbocycles. The number of rotatable bonds is 4. The van der Waals surface area contributed by atoms with Gasteiger partial charge in [0.15, 0.2) is 0 Å². The van der Waals surface area contributed by atoms with E-state index in [0.29, 0.717) is 6.54 Å². The first kappa shape index (κ1) is 14.6. The van der Waals surface area contributed by atoms with Gasteiger partial charge >= 0.3 is 0 Å². The Balaban J connectivity index is 2.05. The van der Waals surface area contributed by atoms with E-state index in [-0.39, 0.29) is 5.91 Å². The van der Waals surface area contributed by atoms with Gasteiger partial charge < -0.3 is 10.6 Å². The molecule has 3 nitrogen and oxygen atoms in total. The molecule has 1 heterocycles. The number of benzene rings is 1. The molecular weight excluding hydrogens is 268 g/mol. The maximum absolute atomic E-state index is 12.2. The van der Waals surface area contributed by atoms with Crippen LogP contribution in [0.15, 0.2) is 24.3 Å². The molecule has 0 unspecified atom stereocenters. The number of carbonyl (C=O) groups is 1. The molecule has 0 aliphatic rings. The minimum Gasteiger partial charge on any atom is -0.388 e. The number of hydrogen-bond acceptors (Lipinski definition) is 3. The summed E-state index contributed by atoms with van der Waals surface area (Å²) in [4.78, 5) is 14.7. The van der Waals surface area contributed by atoms with Gasteiger partial charge in [0.25, 0.3) is 5.91 Å². The van der Waals surface area contributed by atoms with Crippen LogP contribution in [0.3, 0.4) is 0 Å². The predicted molar refractivity (Wildman–Crippen MR) is 85.7 cm³/mol. The van der Waals surface area contributed by atoms with Gasteiger partial charge in [0, 0.05) is 28.1 Å². The highest BCUT2D eigenvalue weighted by Gasteiger charge is 2.10. The van der Waals surface area contributed by atoms with Gasteiger partial charge in [-0.25, -0.2) is 0 Å². The summed E-state index contributed by atoms with van der Waals surface area (Å²) >= 11 is 1.74. The highest BCUT2D eigenvalue weighted by Crippen LogP contribution is 2.20. The first-order valence-electron chi connectivity index (χ1n) is 6.63. The molecule has 0 fully saturated rings. The highest BCUT2D eigenvalue weighted by molar-refractivity contribution is 7.12. The van der Waals surface area contributed by atoms with Crippen molar-refractivity contribution in [2.24, 2.45) is 0 Å². The number of hydrogen-bond donors (Lipinski definition) is 2. The van der Waals surface area contributed by atoms with Crippen molar-refractivity contribution in [2.75, 3.05) is 12.4 Å². The van der Waals surface area contributed by atoms with Gasteiger partial charge in [0.1, 0.15) is 0 Å². The third-order valence-corrected chi connectivity index (χ3v) is 4.55. The summed E-state index contributed by atoms with van der Waals surface area (Å²) in [6.07, 6.45) is 0. The summed E-state index contributed by atoms with van der Waals surface area (Å²) in [6, 6.07) is 7.90. The minimum atomic E-state index is -0.0196. The number of anilines is 1. The molecule has 4 heteroatoms. The summed E-state index contributed by atoms with van der Waals surface area (Å²) < 4.78 is 0. The zero-order valence-electron chi connectivity index (χ0n) is 12.3. The second-order valence-corrected chi connectivity index (χ2v) is 6.26. The fraction of sp³-hybridized carbons (Fsp3) is 0.312. The van der Waals surface area contributed by atoms with Crippen LogP contribution in [-0.4, -0.2) is 13.0 Å². The van der Waals surface area contributed by atoms with E-state index in [1.165, 1.54) is 15.3 Å². The SMILES string of the molecule is CNc1ccc(C(=O)NCc2cc(C)c(C)s2)c(C)c1. The maximum atomic E-state index is 12.2. The molecule has 2 aromatic rings. The first-order valence-corrected chi connectivity index (χ1v) is 7.45. The van der Waals surface area contributed by atoms with Gasteiger partial charge in [0.05, 0.1) is 6.54 Å². The summed E-state index contributed by atoms with van der Waals surface area (Å²) in [5, 5.41) is 6.06. The van der Waals surface area contributed by atoms with Crippen LogP contribution in [0.25, 0.3) is 0 Å². The Morgan fingerprint density at radius 2 is 1.90 bits per heavy atom. The van der Waals surface area contributed by atoms with E-state index < -0.39 is 0 Å². The molecule has 2 rings (SSSR count). The molecule has 106 valence electrons. The Kier molecular flexibility index (Phi) is 4.45. The standard InChI is InChI=1S/C16H20N2OS/c1-10-8-14(20-12(10)3)9-18-16(19)15-6-5-13(17-4)7-11(15)2/h5-8,17H,9H2,1-4H3,(H,18,19). The zero-order valence-corrected chi connectivity index (χ0v) is 13.1. The van der Waals surface area contributed by atoms with E-state index in [1.807, 2.05) is 32.2 Å². The lowest BCUT2D eigenvalue weighted by molar-refractivity contribution is 0.0950. The number of thiophene rings is 1. The number of nitrogens with one attached hydrogen (secondary N) is 2. The van der Waals surface area contributed by atoms with Crippen molar-refractivity contribution in [1.29, 1.82) is 0 Å². The molecule has 1 aromatic heterocycles. The van der Waals surface area contributed by atoms with E-state index in [4.69, 9.17) is 0 Å². The Bertz CT molecular complexity index is 612. The van der Waals surface area contributed by atoms with E-state index in [0.717, 1.165) is 16.8 Å². The van der Waals surface area contributed by atoms with Gasteiger partial charge in [0.2, 0.25) is 0 Å². The second-order valence-electron chi connectivity index (χ2n) is 4.91. The molecule has 0 aliphatic heterocycles. The Morgan fingerprint density at radius 3 is 2.45 bits per heavy atom. The van der Waals surface area contributed by atoms with E-state index in [2.05, 4.69) is 30.5 Å². The van der Waals surface area contributed by atoms with Crippen molar-refractivity contribution in [3.8, 4) is 0 Å². The average molecular weight is 288 g/mol. The topological polar surface area (TPSA) is 41.1 Å². The Hall–Kier alpha value is -1.81. The zero-order chi connectivity index (χ0) is 14.7. The molecule has 0 spiro atoms. The lowest BCUT2D eigenvalue weighted by Gasteiger charge is -2.08. The summed E-state index contributed by atoms with van der Waals surface area (Å²) in [5.41, 5.74) is 4.01. The van der Waals surface area contributed by atoms with Crippen molar-refractivity contribution in [1.82, 2.24) is 5.32 Å². The fourth-order valence-electron chi connectivity index (χ4n) is 2.07. The van der Waals surface area contributed by atoms with E-state index >= 15 is 0 Å². The van der Waals surface area contributed by atoms with Crippen molar-refractivity contribution in [3.05, 3.63) is 50.7 Å². The van der Waals surface area contributed by atoms with Crippen LogP contribution in [0, 0.1) is 20.8 Å². The van der Waals surface area contributed by atoms with Crippen LogP contribution < -0.4 is 10.6 Å². The number of amides is 1. The Labute approximate surface area is 124 Å². The largest absolute Gasteiger partial charge is 0.388 e. The quantitative estimate of drug-likeness (QED) is 0.901. The molecule has 1 aromatic carbocycles. The third-order valence-electron chi connectivity index (χ3n) is 3.40. The first-order chi connectivity index (χ1) is 9.51. The minimum absolute atomic E-state index is 0.0196. The van der Waals surface area contributed by atoms with E-state index in [9.17, 15) is 4.79 Å². The van der Waals surface area contributed by atoms with Gasteiger partial charge in [-0.3, -0.25) is 4.79 Å². The smallest absolute Gasteiger partial charge is 0.251 e. The molecule has 20 heavy (non-hydrogen) atoms. The molecule has 1 amide bonds. The van der Waals surface area contributed by atoms with Crippen molar-refractivity contribution >= 4 is 22.9 Å². The monoisotopic (exact) mass is 288 g/mol. The summed E-state index contributed by atoms with van der Waals surface area (Å²) in [6.45, 7) is 6.74. The molecular formula is C16H20N2OS. The maximum Gasteiger partial charge on any atom is 0.251 e. The molecule has 0 atom stereocenters. The molecule has 2 N–H and O–H groups in total. The van der Waals surface area contributed by atoms with Crippen molar-refractivity contribution < 1.29 is 4.79 Å². The van der Waals surface area contributed by atoms with Gasteiger partial charge in [-0.05, 0) is 56.2 Å². The molecule has 0 bridgehead atoms. The van der Waals surface area contributed by atoms with Crippen LogP contribution in [0.1, 0.15) is 31.2 Å². The van der Waals surface area contributed by atoms with E-state index in [1.54, 1.807) is 11.3 Å². The van der Waals surface area contributed by atoms with Crippen LogP contribution in [0.5, 0.6) is 0 Å². The normalized spacial score (nSPS) is 10.4. The predicted octanol–water partition coefficient (Wildman–Crippen LogP) is 3.65. The highest BCUT2D eigenvalue weighted by atomic mass is 32.1. The van der Waals surface area contributed by atoms with Gasteiger partial charge in [-0.2, -0.15) is 0 Å². The fourth-order valence-corrected chi connectivity index (χ4v) is 3.07. The lowest BCUT2D eigenvalue weighted by Crippen LogP contribution is -2.23. The molecule has 0 radical (unpaired) electrons. The van der Waals surface area contributed by atoms with Crippen LogP contribution in [0.2, 0.25) is 0 Å². The summed E-state index contributed by atoms with van der Waals surface area (Å²) in [7, 11) is 1.87.